The van der Waals surface area contributed by atoms with Crippen molar-refractivity contribution in [1.82, 2.24) is 0 Å². The van der Waals surface area contributed by atoms with E-state index in [1.807, 2.05) is 18.2 Å². The van der Waals surface area contributed by atoms with Crippen molar-refractivity contribution in [2.75, 3.05) is 4.90 Å². The summed E-state index contributed by atoms with van der Waals surface area (Å²) in [4.78, 5) is 2.46. The number of fused-ring (bicyclic) bond motifs is 7. The molecule has 3 heteroatoms. The Kier molecular flexibility index (Phi) is 7.56. The summed E-state index contributed by atoms with van der Waals surface area (Å²) >= 11 is 0. The highest BCUT2D eigenvalue weighted by Crippen LogP contribution is 2.44. The molecule has 0 saturated heterocycles. The third-order valence-corrected chi connectivity index (χ3v) is 11.2. The van der Waals surface area contributed by atoms with Crippen molar-refractivity contribution >= 4 is 66.0 Å². The number of furan rings is 2. The Balaban J connectivity index is 1.08. The molecule has 0 aliphatic carbocycles. The van der Waals surface area contributed by atoms with Gasteiger partial charge in [0, 0.05) is 50.6 Å². The summed E-state index contributed by atoms with van der Waals surface area (Å²) in [7, 11) is 0. The van der Waals surface area contributed by atoms with Gasteiger partial charge in [0.05, 0.1) is 0 Å². The number of anilines is 2. The normalized spacial score (nSPS) is 11.6. The predicted molar refractivity (Wildman–Crippen MR) is 234 cm³/mol. The molecule has 0 aliphatic heterocycles. The average Bonchev–Trinajstić information content (AvgIpc) is 3.85. The first-order chi connectivity index (χ1) is 27.8. The smallest absolute Gasteiger partial charge is 0.143 e. The maximum absolute atomic E-state index is 6.45. The maximum Gasteiger partial charge on any atom is 0.143 e. The zero-order chi connectivity index (χ0) is 37.0. The molecule has 56 heavy (non-hydrogen) atoms. The van der Waals surface area contributed by atoms with Crippen LogP contribution in [-0.4, -0.2) is 0 Å². The molecular formula is C53H35NO2. The minimum atomic E-state index is 0.653. The van der Waals surface area contributed by atoms with Crippen molar-refractivity contribution in [3.63, 3.8) is 0 Å². The van der Waals surface area contributed by atoms with E-state index in [1.165, 1.54) is 27.5 Å². The van der Waals surface area contributed by atoms with Crippen LogP contribution in [0.25, 0.3) is 88.0 Å². The fourth-order valence-electron chi connectivity index (χ4n) is 8.51. The van der Waals surface area contributed by atoms with Crippen LogP contribution < -0.4 is 4.90 Å². The lowest BCUT2D eigenvalue weighted by molar-refractivity contribution is 0.669. The van der Waals surface area contributed by atoms with Gasteiger partial charge in [0.25, 0.3) is 0 Å². The standard InChI is InChI=1S/C53H35NO2/c1-2-14-37-33-38(28-27-35(37)13-1)41-16-4-3-15-39(41)34-54(40-31-29-36(30-32-40)42-20-11-22-46-44-18-6-9-24-49(44)56-53(42)46)48-23-8-5-17-43(48)45-21-12-26-51-52(45)47-19-7-10-25-50(47)55-51/h1-33H,34H2. The van der Waals surface area contributed by atoms with Gasteiger partial charge in [-0.1, -0.05) is 158 Å². The molecule has 2 aromatic heterocycles. The van der Waals surface area contributed by atoms with Crippen LogP contribution in [0.3, 0.4) is 0 Å². The van der Waals surface area contributed by atoms with Gasteiger partial charge in [0.1, 0.15) is 22.3 Å². The second-order valence-corrected chi connectivity index (χ2v) is 14.4. The van der Waals surface area contributed by atoms with Crippen LogP contribution in [0.4, 0.5) is 11.4 Å². The van der Waals surface area contributed by atoms with Gasteiger partial charge in [0.2, 0.25) is 0 Å². The first-order valence-electron chi connectivity index (χ1n) is 19.1. The quantitative estimate of drug-likeness (QED) is 0.164. The van der Waals surface area contributed by atoms with Crippen LogP contribution in [0.15, 0.2) is 209 Å². The minimum Gasteiger partial charge on any atom is -0.456 e. The summed E-state index contributed by atoms with van der Waals surface area (Å²) in [5.74, 6) is 0. The molecule has 0 spiro atoms. The fourth-order valence-corrected chi connectivity index (χ4v) is 8.51. The van der Waals surface area contributed by atoms with Crippen LogP contribution in [0.1, 0.15) is 5.56 Å². The molecule has 0 atom stereocenters. The number of nitrogens with zero attached hydrogens (tertiary/aromatic N) is 1. The molecule has 11 aromatic rings. The van der Waals surface area contributed by atoms with Gasteiger partial charge in [-0.05, 0) is 81.1 Å². The molecule has 9 aromatic carbocycles. The number of rotatable bonds is 7. The lowest BCUT2D eigenvalue weighted by atomic mass is 9.95. The summed E-state index contributed by atoms with van der Waals surface area (Å²) < 4.78 is 12.8. The highest BCUT2D eigenvalue weighted by molar-refractivity contribution is 6.14. The second-order valence-electron chi connectivity index (χ2n) is 14.4. The van der Waals surface area contributed by atoms with Crippen LogP contribution in [0.2, 0.25) is 0 Å². The molecular weight excluding hydrogens is 683 g/mol. The van der Waals surface area contributed by atoms with E-state index in [1.54, 1.807) is 0 Å². The number of hydrogen-bond acceptors (Lipinski definition) is 3. The molecule has 0 aliphatic rings. The molecule has 0 saturated carbocycles. The molecule has 2 heterocycles. The number of para-hydroxylation sites is 4. The Morgan fingerprint density at radius 1 is 0.375 bits per heavy atom. The minimum absolute atomic E-state index is 0.653. The van der Waals surface area contributed by atoms with Crippen LogP contribution >= 0.6 is 0 Å². The fraction of sp³-hybridized carbons (Fsp3) is 0.0189. The summed E-state index contributed by atoms with van der Waals surface area (Å²) in [5, 5.41) is 6.98. The van der Waals surface area contributed by atoms with Crippen molar-refractivity contribution in [3.05, 3.63) is 206 Å². The number of benzene rings is 9. The average molecular weight is 718 g/mol. The Hall–Kier alpha value is -7.36. The lowest BCUT2D eigenvalue weighted by Crippen LogP contribution is -2.18. The topological polar surface area (TPSA) is 29.5 Å². The third-order valence-electron chi connectivity index (χ3n) is 11.2. The molecule has 3 nitrogen and oxygen atoms in total. The van der Waals surface area contributed by atoms with Crippen molar-refractivity contribution in [1.29, 1.82) is 0 Å². The zero-order valence-electron chi connectivity index (χ0n) is 30.5. The lowest BCUT2D eigenvalue weighted by Gasteiger charge is -2.29. The van der Waals surface area contributed by atoms with E-state index in [-0.39, 0.29) is 0 Å². The van der Waals surface area contributed by atoms with E-state index in [9.17, 15) is 0 Å². The maximum atomic E-state index is 6.45. The molecule has 0 fully saturated rings. The SMILES string of the molecule is c1ccc(-c2ccc3ccccc3c2)c(CN(c2ccc(-c3cccc4c3oc3ccccc34)cc2)c2ccccc2-c2cccc3oc4ccccc4c23)c1. The number of hydrogen-bond donors (Lipinski definition) is 0. The largest absolute Gasteiger partial charge is 0.456 e. The highest BCUT2D eigenvalue weighted by atomic mass is 16.3. The first-order valence-corrected chi connectivity index (χ1v) is 19.1. The van der Waals surface area contributed by atoms with E-state index in [2.05, 4.69) is 187 Å². The van der Waals surface area contributed by atoms with E-state index < -0.39 is 0 Å². The van der Waals surface area contributed by atoms with Gasteiger partial charge >= 0.3 is 0 Å². The molecule has 0 amide bonds. The highest BCUT2D eigenvalue weighted by Gasteiger charge is 2.21. The Morgan fingerprint density at radius 3 is 1.86 bits per heavy atom. The molecule has 0 N–H and O–H groups in total. The third kappa shape index (κ3) is 5.36. The van der Waals surface area contributed by atoms with Crippen LogP contribution in [-0.2, 0) is 6.54 Å². The van der Waals surface area contributed by atoms with Gasteiger partial charge < -0.3 is 13.7 Å². The summed E-state index contributed by atoms with van der Waals surface area (Å²) in [6.07, 6.45) is 0. The van der Waals surface area contributed by atoms with E-state index in [0.29, 0.717) is 6.54 Å². The van der Waals surface area contributed by atoms with Crippen LogP contribution in [0.5, 0.6) is 0 Å². The Labute approximate surface area is 324 Å². The van der Waals surface area contributed by atoms with Crippen molar-refractivity contribution in [2.24, 2.45) is 0 Å². The second kappa shape index (κ2) is 13.2. The Morgan fingerprint density at radius 2 is 0.982 bits per heavy atom. The Bertz CT molecular complexity index is 3240. The van der Waals surface area contributed by atoms with Crippen molar-refractivity contribution < 1.29 is 8.83 Å². The molecule has 11 rings (SSSR count). The zero-order valence-corrected chi connectivity index (χ0v) is 30.5. The van der Waals surface area contributed by atoms with E-state index in [0.717, 1.165) is 77.5 Å². The van der Waals surface area contributed by atoms with E-state index >= 15 is 0 Å². The van der Waals surface area contributed by atoms with Crippen molar-refractivity contribution in [3.8, 4) is 33.4 Å². The summed E-state index contributed by atoms with van der Waals surface area (Å²) in [6.45, 7) is 0.653. The van der Waals surface area contributed by atoms with Gasteiger partial charge in [0.15, 0.2) is 0 Å². The molecule has 0 bridgehead atoms. The van der Waals surface area contributed by atoms with Crippen LogP contribution in [0, 0.1) is 0 Å². The van der Waals surface area contributed by atoms with E-state index in [4.69, 9.17) is 8.83 Å². The summed E-state index contributed by atoms with van der Waals surface area (Å²) in [5.41, 5.74) is 13.9. The van der Waals surface area contributed by atoms with Gasteiger partial charge in [-0.3, -0.25) is 0 Å². The van der Waals surface area contributed by atoms with Gasteiger partial charge in [-0.15, -0.1) is 0 Å². The molecule has 0 unspecified atom stereocenters. The van der Waals surface area contributed by atoms with Gasteiger partial charge in [-0.25, -0.2) is 0 Å². The monoisotopic (exact) mass is 717 g/mol. The molecule has 264 valence electrons. The van der Waals surface area contributed by atoms with Crippen molar-refractivity contribution in [2.45, 2.75) is 6.54 Å². The summed E-state index contributed by atoms with van der Waals surface area (Å²) in [6, 6.07) is 71.3. The molecule has 0 radical (unpaired) electrons. The van der Waals surface area contributed by atoms with Gasteiger partial charge in [-0.2, -0.15) is 0 Å². The first kappa shape index (κ1) is 32.1. The predicted octanol–water partition coefficient (Wildman–Crippen LogP) is 15.0.